The number of rotatable bonds is 5. The van der Waals surface area contributed by atoms with Crippen LogP contribution in [0.2, 0.25) is 0 Å². The van der Waals surface area contributed by atoms with E-state index in [0.717, 1.165) is 22.3 Å². The first-order valence-corrected chi connectivity index (χ1v) is 9.00. The second-order valence-corrected chi connectivity index (χ2v) is 6.76. The molecule has 5 nitrogen and oxygen atoms in total. The quantitative estimate of drug-likeness (QED) is 0.403. The first-order valence-electron chi connectivity index (χ1n) is 9.00. The summed E-state index contributed by atoms with van der Waals surface area (Å²) in [6.45, 7) is 0.0728. The third-order valence-corrected chi connectivity index (χ3v) is 5.14. The van der Waals surface area contributed by atoms with Gasteiger partial charge in [-0.2, -0.15) is 0 Å². The number of carbonyl (C=O) groups is 2. The van der Waals surface area contributed by atoms with E-state index < -0.39 is 17.9 Å². The number of esters is 1. The van der Waals surface area contributed by atoms with Crippen molar-refractivity contribution in [2.75, 3.05) is 12.3 Å². The van der Waals surface area contributed by atoms with Crippen LogP contribution in [-0.2, 0) is 14.3 Å². The number of anilines is 1. The maximum Gasteiger partial charge on any atom is 0.325 e. The Balaban J connectivity index is 1.60. The van der Waals surface area contributed by atoms with Gasteiger partial charge in [0.25, 0.3) is 0 Å². The Hall–Kier alpha value is -3.60. The molecular weight excluding hydrogens is 354 g/mol. The minimum atomic E-state index is -1.45. The van der Waals surface area contributed by atoms with Gasteiger partial charge in [0, 0.05) is 17.2 Å². The zero-order valence-electron chi connectivity index (χ0n) is 15.0. The average Bonchev–Trinajstić information content (AvgIpc) is 3.02. The number of ether oxygens (including phenoxy) is 1. The minimum Gasteiger partial charge on any atom is -0.480 e. The standard InChI is InChI=1S/C23H19NO4/c24-20-12-6-5-11-18(20)21(22(25)26)23(27)28-13-19-16-9-3-1-7-14(16)15-8-2-4-10-17(15)19/h1-12,19,21H,13,24H2,(H,25,26). The number of fused-ring (bicyclic) bond motifs is 3. The highest BCUT2D eigenvalue weighted by atomic mass is 16.5. The number of hydrogen-bond acceptors (Lipinski definition) is 4. The van der Waals surface area contributed by atoms with Crippen LogP contribution in [0.5, 0.6) is 0 Å². The van der Waals surface area contributed by atoms with E-state index >= 15 is 0 Å². The highest BCUT2D eigenvalue weighted by molar-refractivity contribution is 6.01. The largest absolute Gasteiger partial charge is 0.480 e. The summed E-state index contributed by atoms with van der Waals surface area (Å²) in [6.07, 6.45) is 0. The molecule has 1 aliphatic carbocycles. The summed E-state index contributed by atoms with van der Waals surface area (Å²) in [5.41, 5.74) is 10.7. The topological polar surface area (TPSA) is 89.6 Å². The van der Waals surface area contributed by atoms with Crippen LogP contribution >= 0.6 is 0 Å². The van der Waals surface area contributed by atoms with Crippen molar-refractivity contribution in [1.82, 2.24) is 0 Å². The van der Waals surface area contributed by atoms with Crippen LogP contribution in [0, 0.1) is 0 Å². The lowest BCUT2D eigenvalue weighted by atomic mass is 9.96. The number of aliphatic carboxylic acids is 1. The third-order valence-electron chi connectivity index (χ3n) is 5.14. The number of nitrogen functional groups attached to an aromatic ring is 1. The number of carboxylic acids is 1. The van der Waals surface area contributed by atoms with Crippen LogP contribution in [0.3, 0.4) is 0 Å². The molecule has 0 saturated heterocycles. The smallest absolute Gasteiger partial charge is 0.325 e. The molecule has 0 aromatic heterocycles. The highest BCUT2D eigenvalue weighted by Gasteiger charge is 2.34. The summed E-state index contributed by atoms with van der Waals surface area (Å²) in [5, 5.41) is 9.57. The summed E-state index contributed by atoms with van der Waals surface area (Å²) in [7, 11) is 0. The summed E-state index contributed by atoms with van der Waals surface area (Å²) >= 11 is 0. The predicted molar refractivity (Wildman–Crippen MR) is 106 cm³/mol. The normalized spacial score (nSPS) is 13.4. The van der Waals surface area contributed by atoms with Crippen molar-refractivity contribution in [1.29, 1.82) is 0 Å². The molecule has 0 spiro atoms. The monoisotopic (exact) mass is 373 g/mol. The molecule has 140 valence electrons. The molecule has 0 saturated carbocycles. The van der Waals surface area contributed by atoms with Crippen molar-refractivity contribution in [3.05, 3.63) is 89.5 Å². The van der Waals surface area contributed by atoms with Crippen LogP contribution in [0.4, 0.5) is 5.69 Å². The van der Waals surface area contributed by atoms with Gasteiger partial charge in [-0.15, -0.1) is 0 Å². The van der Waals surface area contributed by atoms with E-state index in [0.29, 0.717) is 0 Å². The number of benzene rings is 3. The van der Waals surface area contributed by atoms with Crippen LogP contribution in [-0.4, -0.2) is 23.7 Å². The van der Waals surface area contributed by atoms with Crippen molar-refractivity contribution >= 4 is 17.6 Å². The number of carboxylic acid groups (broad SMARTS) is 1. The molecule has 5 heteroatoms. The molecule has 0 heterocycles. The first-order chi connectivity index (χ1) is 13.6. The van der Waals surface area contributed by atoms with E-state index in [-0.39, 0.29) is 23.8 Å². The second-order valence-electron chi connectivity index (χ2n) is 6.76. The van der Waals surface area contributed by atoms with Gasteiger partial charge in [-0.3, -0.25) is 9.59 Å². The lowest BCUT2D eigenvalue weighted by Gasteiger charge is -2.18. The molecule has 0 aliphatic heterocycles. The number of hydrogen-bond donors (Lipinski definition) is 2. The third kappa shape index (κ3) is 3.01. The zero-order chi connectivity index (χ0) is 19.7. The van der Waals surface area contributed by atoms with E-state index in [2.05, 4.69) is 0 Å². The van der Waals surface area contributed by atoms with Crippen LogP contribution in [0.15, 0.2) is 72.8 Å². The first kappa shape index (κ1) is 17.8. The molecule has 28 heavy (non-hydrogen) atoms. The van der Waals surface area contributed by atoms with Crippen molar-refractivity contribution in [2.45, 2.75) is 11.8 Å². The van der Waals surface area contributed by atoms with Gasteiger partial charge in [0.2, 0.25) is 0 Å². The number of para-hydroxylation sites is 1. The lowest BCUT2D eigenvalue weighted by Crippen LogP contribution is -2.26. The molecule has 3 aromatic rings. The maximum absolute atomic E-state index is 12.7. The Morgan fingerprint density at radius 1 is 0.893 bits per heavy atom. The predicted octanol–water partition coefficient (Wildman–Crippen LogP) is 3.79. The van der Waals surface area contributed by atoms with E-state index in [1.165, 1.54) is 6.07 Å². The Labute approximate surface area is 162 Å². The van der Waals surface area contributed by atoms with Gasteiger partial charge in [0.1, 0.15) is 6.61 Å². The van der Waals surface area contributed by atoms with Crippen LogP contribution in [0.25, 0.3) is 11.1 Å². The Morgan fingerprint density at radius 2 is 1.43 bits per heavy atom. The molecule has 0 radical (unpaired) electrons. The molecule has 0 bridgehead atoms. The molecule has 1 atom stereocenters. The lowest BCUT2D eigenvalue weighted by molar-refractivity contribution is -0.154. The number of nitrogens with two attached hydrogens (primary N) is 1. The Morgan fingerprint density at radius 3 is 2.00 bits per heavy atom. The molecule has 0 fully saturated rings. The van der Waals surface area contributed by atoms with E-state index in [9.17, 15) is 14.7 Å². The fourth-order valence-corrected chi connectivity index (χ4v) is 3.82. The molecule has 3 N–H and O–H groups in total. The van der Waals surface area contributed by atoms with Crippen molar-refractivity contribution < 1.29 is 19.4 Å². The van der Waals surface area contributed by atoms with Gasteiger partial charge in [-0.25, -0.2) is 0 Å². The van der Waals surface area contributed by atoms with E-state index in [4.69, 9.17) is 10.5 Å². The number of carbonyl (C=O) groups excluding carboxylic acids is 1. The highest BCUT2D eigenvalue weighted by Crippen LogP contribution is 2.44. The molecule has 0 amide bonds. The Kier molecular flexibility index (Phi) is 4.57. The molecule has 4 rings (SSSR count). The van der Waals surface area contributed by atoms with Gasteiger partial charge >= 0.3 is 11.9 Å². The van der Waals surface area contributed by atoms with E-state index in [1.54, 1.807) is 18.2 Å². The summed E-state index contributed by atoms with van der Waals surface area (Å²) < 4.78 is 5.50. The summed E-state index contributed by atoms with van der Waals surface area (Å²) in [4.78, 5) is 24.4. The molecule has 1 aliphatic rings. The van der Waals surface area contributed by atoms with Gasteiger partial charge in [0.05, 0.1) is 0 Å². The maximum atomic E-state index is 12.7. The Bertz CT molecular complexity index is 1010. The summed E-state index contributed by atoms with van der Waals surface area (Å²) in [6, 6.07) is 22.4. The van der Waals surface area contributed by atoms with E-state index in [1.807, 2.05) is 48.5 Å². The molecule has 3 aromatic carbocycles. The minimum absolute atomic E-state index is 0.0728. The van der Waals surface area contributed by atoms with Crippen molar-refractivity contribution in [3.63, 3.8) is 0 Å². The zero-order valence-corrected chi connectivity index (χ0v) is 15.0. The van der Waals surface area contributed by atoms with Gasteiger partial charge in [-0.1, -0.05) is 66.7 Å². The summed E-state index contributed by atoms with van der Waals surface area (Å²) in [5.74, 6) is -3.67. The molecule has 1 unspecified atom stereocenters. The van der Waals surface area contributed by atoms with Crippen molar-refractivity contribution in [2.24, 2.45) is 0 Å². The second kappa shape index (κ2) is 7.19. The fraction of sp³-hybridized carbons (Fsp3) is 0.130. The SMILES string of the molecule is Nc1ccccc1C(C(=O)O)C(=O)OCC1c2ccccc2-c2ccccc21. The van der Waals surface area contributed by atoms with Crippen LogP contribution < -0.4 is 5.73 Å². The van der Waals surface area contributed by atoms with Crippen molar-refractivity contribution in [3.8, 4) is 11.1 Å². The molecular formula is C23H19NO4. The van der Waals surface area contributed by atoms with Gasteiger partial charge < -0.3 is 15.6 Å². The van der Waals surface area contributed by atoms with Gasteiger partial charge in [-0.05, 0) is 28.3 Å². The fourth-order valence-electron chi connectivity index (χ4n) is 3.82. The average molecular weight is 373 g/mol. The van der Waals surface area contributed by atoms with Gasteiger partial charge in [0.15, 0.2) is 5.92 Å². The van der Waals surface area contributed by atoms with Crippen LogP contribution in [0.1, 0.15) is 28.5 Å².